The average Bonchev–Trinajstić information content (AvgIpc) is 3.44. The third-order valence-corrected chi connectivity index (χ3v) is 6.63. The minimum Gasteiger partial charge on any atom is -0.479 e. The van der Waals surface area contributed by atoms with E-state index in [1.165, 1.54) is 16.3 Å². The zero-order chi connectivity index (χ0) is 25.0. The summed E-state index contributed by atoms with van der Waals surface area (Å²) in [6, 6.07) is 3.69. The number of fused-ring (bicyclic) bond motifs is 2. The minimum absolute atomic E-state index is 0.00690. The van der Waals surface area contributed by atoms with Crippen LogP contribution < -0.4 is 10.1 Å². The molecule has 0 unspecified atom stereocenters. The van der Waals surface area contributed by atoms with Crippen LogP contribution in [0.1, 0.15) is 0 Å². The van der Waals surface area contributed by atoms with Gasteiger partial charge in [0.1, 0.15) is 23.7 Å². The number of hydrogen-bond acceptors (Lipinski definition) is 8. The smallest absolute Gasteiger partial charge is 0.281 e. The highest BCUT2D eigenvalue weighted by Crippen LogP contribution is 2.36. The van der Waals surface area contributed by atoms with E-state index in [1.54, 1.807) is 23.1 Å². The molecular formula is C22H22F4N8O2. The zero-order valence-corrected chi connectivity index (χ0v) is 19.2. The highest BCUT2D eigenvalue weighted by Gasteiger charge is 2.51. The highest BCUT2D eigenvalue weighted by molar-refractivity contribution is 5.89. The molecule has 0 aliphatic carbocycles. The van der Waals surface area contributed by atoms with Gasteiger partial charge in [0, 0.05) is 6.54 Å². The minimum atomic E-state index is -3.01. The Morgan fingerprint density at radius 1 is 1.28 bits per heavy atom. The molecule has 10 nitrogen and oxygen atoms in total. The van der Waals surface area contributed by atoms with Crippen molar-refractivity contribution in [2.45, 2.75) is 24.6 Å². The summed E-state index contributed by atoms with van der Waals surface area (Å²) in [6.07, 6.45) is 1.13. The maximum Gasteiger partial charge on any atom is 0.281 e. The zero-order valence-electron chi connectivity index (χ0n) is 19.2. The van der Waals surface area contributed by atoms with E-state index in [0.717, 1.165) is 6.20 Å². The first-order chi connectivity index (χ1) is 17.4. The molecule has 6 rings (SSSR count). The van der Waals surface area contributed by atoms with Gasteiger partial charge in [-0.1, -0.05) is 11.3 Å². The van der Waals surface area contributed by atoms with Gasteiger partial charge >= 0.3 is 0 Å². The van der Waals surface area contributed by atoms with Gasteiger partial charge in [0.05, 0.1) is 56.7 Å². The second kappa shape index (κ2) is 8.55. The van der Waals surface area contributed by atoms with Crippen LogP contribution in [0.2, 0.25) is 0 Å². The van der Waals surface area contributed by atoms with Crippen molar-refractivity contribution in [1.29, 1.82) is 0 Å². The van der Waals surface area contributed by atoms with Crippen LogP contribution in [0.3, 0.4) is 0 Å². The van der Waals surface area contributed by atoms with E-state index < -0.39 is 31.0 Å². The van der Waals surface area contributed by atoms with E-state index in [9.17, 15) is 13.2 Å². The molecule has 1 N–H and O–H groups in total. The molecule has 0 radical (unpaired) electrons. The number of methoxy groups -OCH3 is 1. The number of anilines is 1. The van der Waals surface area contributed by atoms with E-state index in [1.807, 2.05) is 0 Å². The Bertz CT molecular complexity index is 1440. The molecule has 0 spiro atoms. The van der Waals surface area contributed by atoms with Gasteiger partial charge in [-0.25, -0.2) is 26.8 Å². The Labute approximate surface area is 201 Å². The molecule has 0 saturated carbocycles. The van der Waals surface area contributed by atoms with Crippen LogP contribution in [-0.4, -0.2) is 92.6 Å². The van der Waals surface area contributed by atoms with Crippen LogP contribution in [0.25, 0.3) is 27.7 Å². The Hall–Kier alpha value is -3.52. The second-order valence-electron chi connectivity index (χ2n) is 8.87. The molecule has 2 fully saturated rings. The number of benzene rings is 1. The molecule has 5 heterocycles. The Morgan fingerprint density at radius 2 is 2.11 bits per heavy atom. The molecule has 2 aliphatic rings. The maximum atomic E-state index is 15.2. The number of rotatable bonds is 7. The van der Waals surface area contributed by atoms with Gasteiger partial charge in [-0.05, 0) is 17.7 Å². The highest BCUT2D eigenvalue weighted by atomic mass is 19.3. The predicted molar refractivity (Wildman–Crippen MR) is 121 cm³/mol. The van der Waals surface area contributed by atoms with E-state index in [2.05, 4.69) is 25.7 Å². The van der Waals surface area contributed by atoms with Crippen LogP contribution in [-0.2, 0) is 11.3 Å². The Morgan fingerprint density at radius 3 is 2.83 bits per heavy atom. The molecular weight excluding hydrogens is 484 g/mol. The van der Waals surface area contributed by atoms with Gasteiger partial charge in [-0.3, -0.25) is 4.90 Å². The molecule has 4 aromatic rings. The number of likely N-dealkylation sites (tertiary alicyclic amines) is 1. The number of ether oxygens (including phenoxy) is 2. The number of nitrogens with zero attached hydrogens (tertiary/aromatic N) is 7. The fourth-order valence-corrected chi connectivity index (χ4v) is 4.70. The predicted octanol–water partition coefficient (Wildman–Crippen LogP) is 2.39. The molecule has 0 amide bonds. The molecule has 0 bridgehead atoms. The summed E-state index contributed by atoms with van der Waals surface area (Å²) in [7, 11) is 1.35. The molecule has 3 aromatic heterocycles. The van der Waals surface area contributed by atoms with E-state index in [0.29, 0.717) is 29.8 Å². The van der Waals surface area contributed by atoms with Crippen LogP contribution in [0, 0.1) is 5.82 Å². The average molecular weight is 506 g/mol. The molecule has 1 aromatic carbocycles. The van der Waals surface area contributed by atoms with Crippen molar-refractivity contribution in [3.63, 3.8) is 0 Å². The van der Waals surface area contributed by atoms with Gasteiger partial charge in [-0.2, -0.15) is 4.98 Å². The Balaban J connectivity index is 1.37. The topological polar surface area (TPSA) is 94.6 Å². The number of aryl methyl sites for hydroxylation is 1. The summed E-state index contributed by atoms with van der Waals surface area (Å²) in [5.41, 5.74) is 1.89. The van der Waals surface area contributed by atoms with E-state index in [-0.39, 0.29) is 42.0 Å². The third kappa shape index (κ3) is 3.71. The number of hydrogen-bond donors (Lipinski definition) is 1. The van der Waals surface area contributed by atoms with Crippen molar-refractivity contribution in [3.8, 4) is 17.0 Å². The van der Waals surface area contributed by atoms with Crippen molar-refractivity contribution in [2.24, 2.45) is 0 Å². The monoisotopic (exact) mass is 506 g/mol. The van der Waals surface area contributed by atoms with E-state index in [4.69, 9.17) is 9.47 Å². The van der Waals surface area contributed by atoms with Crippen molar-refractivity contribution in [1.82, 2.24) is 34.5 Å². The van der Waals surface area contributed by atoms with Crippen molar-refractivity contribution >= 4 is 22.5 Å². The van der Waals surface area contributed by atoms with Gasteiger partial charge in [0.15, 0.2) is 5.82 Å². The number of alkyl halides is 3. The lowest BCUT2D eigenvalue weighted by Crippen LogP contribution is -2.48. The summed E-state index contributed by atoms with van der Waals surface area (Å²) in [4.78, 5) is 5.95. The number of aromatic nitrogens is 6. The number of halogens is 4. The van der Waals surface area contributed by atoms with Gasteiger partial charge in [0.2, 0.25) is 11.8 Å². The molecule has 36 heavy (non-hydrogen) atoms. The first kappa shape index (κ1) is 22.9. The lowest BCUT2D eigenvalue weighted by Gasteiger charge is -2.34. The molecule has 190 valence electrons. The van der Waals surface area contributed by atoms with Gasteiger partial charge in [-0.15, -0.1) is 10.2 Å². The first-order valence-electron chi connectivity index (χ1n) is 11.4. The van der Waals surface area contributed by atoms with Gasteiger partial charge < -0.3 is 14.8 Å². The lowest BCUT2D eigenvalue weighted by atomic mass is 10.1. The fourth-order valence-electron chi connectivity index (χ4n) is 4.70. The quantitative estimate of drug-likeness (QED) is 0.382. The standard InChI is InChI=1S/C22H22F4N8O2/c1-35-20-19-18(12-2-3-15-16(6-12)33(5-4-23)31-29-15)14(24)7-34(19)30-21(28-20)27-17-8-32(11-22(17,25)26)13-9-36-10-13/h2-3,6-7,13,17H,4-5,8-11H2,1H3,(H,27,30)/t17-/m1/s1. The van der Waals surface area contributed by atoms with Crippen molar-refractivity contribution < 1.29 is 27.0 Å². The summed E-state index contributed by atoms with van der Waals surface area (Å²) in [6.45, 7) is -0.0531. The third-order valence-electron chi connectivity index (χ3n) is 6.63. The van der Waals surface area contributed by atoms with Crippen LogP contribution in [0.4, 0.5) is 23.5 Å². The summed E-state index contributed by atoms with van der Waals surface area (Å²) in [5, 5.41) is 14.9. The molecule has 2 aliphatic heterocycles. The first-order valence-corrected chi connectivity index (χ1v) is 11.4. The summed E-state index contributed by atoms with van der Waals surface area (Å²) in [5.74, 6) is -3.74. The Kier molecular flexibility index (Phi) is 5.44. The van der Waals surface area contributed by atoms with Crippen molar-refractivity contribution in [2.75, 3.05) is 45.4 Å². The van der Waals surface area contributed by atoms with E-state index >= 15 is 4.39 Å². The van der Waals surface area contributed by atoms with Crippen LogP contribution in [0.15, 0.2) is 24.4 Å². The summed E-state index contributed by atoms with van der Waals surface area (Å²) < 4.78 is 70.7. The van der Waals surface area contributed by atoms with Crippen LogP contribution in [0.5, 0.6) is 5.88 Å². The van der Waals surface area contributed by atoms with Crippen LogP contribution >= 0.6 is 0 Å². The summed E-state index contributed by atoms with van der Waals surface area (Å²) >= 11 is 0. The fraction of sp³-hybridized carbons (Fsp3) is 0.455. The molecule has 14 heteroatoms. The molecule has 2 saturated heterocycles. The lowest BCUT2D eigenvalue weighted by molar-refractivity contribution is -0.0711. The normalized spacial score (nSPS) is 20.3. The largest absolute Gasteiger partial charge is 0.479 e. The SMILES string of the molecule is COc1nc(N[C@@H]2CN(C3COC3)CC2(F)F)nn2cc(F)c(-c3ccc4nnn(CCF)c4c3)c12. The maximum absolute atomic E-state index is 15.2. The van der Waals surface area contributed by atoms with Gasteiger partial charge in [0.25, 0.3) is 5.92 Å². The van der Waals surface area contributed by atoms with Crippen molar-refractivity contribution in [3.05, 3.63) is 30.2 Å². The molecule has 1 atom stereocenters. The second-order valence-corrected chi connectivity index (χ2v) is 8.87. The number of nitrogens with one attached hydrogen (secondary N) is 1.